The fraction of sp³-hybridized carbons (Fsp3) is 0.556. The predicted octanol–water partition coefficient (Wildman–Crippen LogP) is 1.58. The van der Waals surface area contributed by atoms with Gasteiger partial charge in [-0.15, -0.1) is 0 Å². The molecule has 6 rings (SSSR count). The molecule has 2 aromatic rings. The number of ether oxygens (including phenoxy) is 9. The number of aryl methyl sites for hydroxylation is 1. The highest BCUT2D eigenvalue weighted by molar-refractivity contribution is 5.91. The third-order valence-corrected chi connectivity index (χ3v) is 12.9. The average Bonchev–Trinajstić information content (AvgIpc) is 3.45. The largest absolute Gasteiger partial charge is 0.465 e. The van der Waals surface area contributed by atoms with E-state index in [1.165, 1.54) is 52.2 Å². The van der Waals surface area contributed by atoms with Gasteiger partial charge in [0.05, 0.1) is 28.7 Å². The van der Waals surface area contributed by atoms with Crippen LogP contribution < -0.4 is 5.56 Å². The number of carbonyl (C=O) groups excluding carboxylic acids is 8. The second-order valence-electron chi connectivity index (χ2n) is 17.3. The molecule has 2 aromatic heterocycles. The monoisotopic (exact) mass is 924 g/mol. The summed E-state index contributed by atoms with van der Waals surface area (Å²) in [5.74, 6) is -12.5. The first-order chi connectivity index (χ1) is 30.9. The summed E-state index contributed by atoms with van der Waals surface area (Å²) in [4.78, 5) is 128. The minimum atomic E-state index is -2.95. The first-order valence-corrected chi connectivity index (χ1v) is 21.0. The van der Waals surface area contributed by atoms with Gasteiger partial charge in [-0.2, -0.15) is 0 Å². The predicted molar refractivity (Wildman–Crippen MR) is 220 cm³/mol. The first-order valence-electron chi connectivity index (χ1n) is 21.0. The van der Waals surface area contributed by atoms with E-state index in [1.807, 2.05) is 0 Å². The molecule has 2 aliphatic carbocycles. The molecule has 3 fully saturated rings. The summed E-state index contributed by atoms with van der Waals surface area (Å²) in [5.41, 5.74) is -11.5. The van der Waals surface area contributed by atoms with Crippen LogP contribution in [0.2, 0.25) is 0 Å². The van der Waals surface area contributed by atoms with Gasteiger partial charge in [-0.05, 0) is 39.0 Å². The quantitative estimate of drug-likeness (QED) is 0.212. The Morgan fingerprint density at radius 2 is 1.48 bits per heavy atom. The lowest BCUT2D eigenvalue weighted by Gasteiger charge is -2.67. The van der Waals surface area contributed by atoms with E-state index in [2.05, 4.69) is 4.98 Å². The summed E-state index contributed by atoms with van der Waals surface area (Å²) in [7, 11) is 1.34. The molecule has 1 N–H and O–H groups in total. The number of esters is 8. The maximum Gasteiger partial charge on any atom is 0.340 e. The van der Waals surface area contributed by atoms with Crippen LogP contribution in [0.4, 0.5) is 0 Å². The minimum Gasteiger partial charge on any atom is -0.465 e. The Morgan fingerprint density at radius 3 is 2.09 bits per heavy atom. The smallest absolute Gasteiger partial charge is 0.340 e. The fourth-order valence-electron chi connectivity index (χ4n) is 10.1. The number of cyclic esters (lactones) is 1. The van der Waals surface area contributed by atoms with Crippen LogP contribution in [-0.4, -0.2) is 129 Å². The zero-order valence-electron chi connectivity index (χ0n) is 37.9. The van der Waals surface area contributed by atoms with Gasteiger partial charge in [0.1, 0.15) is 42.0 Å². The van der Waals surface area contributed by atoms with Gasteiger partial charge >= 0.3 is 47.8 Å². The maximum atomic E-state index is 14.8. The van der Waals surface area contributed by atoms with E-state index in [4.69, 9.17) is 42.6 Å². The van der Waals surface area contributed by atoms with Gasteiger partial charge < -0.3 is 52.3 Å². The molecule has 0 amide bonds. The Hall–Kier alpha value is -6.48. The van der Waals surface area contributed by atoms with Crippen LogP contribution in [0.25, 0.3) is 0 Å². The molecule has 2 saturated carbocycles. The zero-order chi connectivity index (χ0) is 48.8. The number of hydrogen-bond acceptors (Lipinski definition) is 20. The molecule has 13 atom stereocenters. The molecular weight excluding hydrogens is 872 g/mol. The van der Waals surface area contributed by atoms with Gasteiger partial charge in [0.25, 0.3) is 0 Å². The zero-order valence-corrected chi connectivity index (χ0v) is 37.9. The standard InChI is InChI=1S/C45H52N2O19/c1-11-13-30(53)63-38-34(64-40(55)27-15-16-29(52)47(10)18-27)36-43(9,57)45-35(61-25(6)50)31(33(60-24(5)49)37(62-26(7)51)44(38,45)20-58-23(4)48)42(8,66-45)19-59-41(56)28-14-12-17-46-32(28)21(2)22(3)39(54)65-36/h11-18,21-22,31,33-38,57H,19-20H2,1-10H3/b13-11+/t21-,22+,31-,33-,34+,35-,36-,37-,38+,42+,43+,44-,45+/m1/s1. The summed E-state index contributed by atoms with van der Waals surface area (Å²) >= 11 is 0. The maximum absolute atomic E-state index is 14.8. The van der Waals surface area contributed by atoms with Crippen LogP contribution >= 0.6 is 0 Å². The van der Waals surface area contributed by atoms with Gasteiger partial charge in [0, 0.05) is 65.2 Å². The van der Waals surface area contributed by atoms with Crippen LogP contribution in [0.15, 0.2) is 53.6 Å². The molecule has 1 spiro atoms. The lowest BCUT2D eigenvalue weighted by Crippen LogP contribution is -2.89. The summed E-state index contributed by atoms with van der Waals surface area (Å²) in [5, 5.41) is 13.8. The topological polar surface area (TPSA) is 275 Å². The summed E-state index contributed by atoms with van der Waals surface area (Å²) in [6.07, 6.45) is -8.07. The van der Waals surface area contributed by atoms with Crippen molar-refractivity contribution in [3.63, 3.8) is 0 Å². The number of aromatic nitrogens is 2. The first kappa shape index (κ1) is 49.0. The number of fused-ring (bicyclic) bond motifs is 5. The fourth-order valence-corrected chi connectivity index (χ4v) is 10.1. The molecule has 0 aromatic carbocycles. The molecule has 0 unspecified atom stereocenters. The lowest BCUT2D eigenvalue weighted by molar-refractivity contribution is -0.385. The van der Waals surface area contributed by atoms with Crippen molar-refractivity contribution in [2.75, 3.05) is 13.2 Å². The Labute approximate surface area is 377 Å². The number of rotatable bonds is 9. The van der Waals surface area contributed by atoms with Gasteiger partial charge in [-0.1, -0.05) is 19.9 Å². The van der Waals surface area contributed by atoms with Crippen molar-refractivity contribution in [3.05, 3.63) is 76.0 Å². The van der Waals surface area contributed by atoms with Crippen molar-refractivity contribution in [2.45, 2.75) is 122 Å². The summed E-state index contributed by atoms with van der Waals surface area (Å²) in [6.45, 7) is 8.88. The molecular formula is C45H52N2O19. The molecule has 4 heterocycles. The molecule has 21 nitrogen and oxygen atoms in total. The second-order valence-corrected chi connectivity index (χ2v) is 17.3. The number of hydrogen-bond donors (Lipinski definition) is 1. The van der Waals surface area contributed by atoms with E-state index in [-0.39, 0.29) is 16.8 Å². The van der Waals surface area contributed by atoms with Crippen molar-refractivity contribution in [1.82, 2.24) is 9.55 Å². The van der Waals surface area contributed by atoms with E-state index in [1.54, 1.807) is 6.92 Å². The molecule has 2 aliphatic heterocycles. The van der Waals surface area contributed by atoms with E-state index < -0.39 is 143 Å². The normalized spacial score (nSPS) is 34.7. The number of carbonyl (C=O) groups is 8. The van der Waals surface area contributed by atoms with E-state index in [0.29, 0.717) is 0 Å². The van der Waals surface area contributed by atoms with Crippen LogP contribution in [0, 0.1) is 17.3 Å². The highest BCUT2D eigenvalue weighted by Gasteiger charge is 2.92. The van der Waals surface area contributed by atoms with E-state index in [9.17, 15) is 48.3 Å². The van der Waals surface area contributed by atoms with Gasteiger partial charge in [-0.3, -0.25) is 33.8 Å². The minimum absolute atomic E-state index is 0.0771. The highest BCUT2D eigenvalue weighted by Crippen LogP contribution is 2.70. The van der Waals surface area contributed by atoms with Crippen LogP contribution in [0.5, 0.6) is 0 Å². The molecule has 4 aliphatic rings. The van der Waals surface area contributed by atoms with Gasteiger partial charge in [0.15, 0.2) is 30.0 Å². The molecule has 356 valence electrons. The van der Waals surface area contributed by atoms with Crippen LogP contribution in [0.3, 0.4) is 0 Å². The number of nitrogens with zero attached hydrogens (tertiary/aromatic N) is 2. The SMILES string of the molecule is C/C=C/C(=O)O[C@H]1[C@@H](OC(=O)c2ccc(=O)n(C)c2)[C@H]2OC(=O)[C@@H](C)[C@@H](C)c3ncccc3C(=O)OC[C@]3(C)O[C@@]4([C@H](OC(C)=O)[C@H]3[C@@H](OC(C)=O)[C@@H](OC(C)=O)[C@]14COC(C)=O)[C@@]2(C)O. The lowest BCUT2D eigenvalue weighted by atomic mass is 9.45. The van der Waals surface area contributed by atoms with Gasteiger partial charge in [0.2, 0.25) is 5.56 Å². The Bertz CT molecular complexity index is 2430. The van der Waals surface area contributed by atoms with Gasteiger partial charge in [-0.25, -0.2) is 14.4 Å². The average molecular weight is 925 g/mol. The van der Waals surface area contributed by atoms with E-state index >= 15 is 0 Å². The summed E-state index contributed by atoms with van der Waals surface area (Å²) in [6, 6.07) is 5.03. The molecule has 0 radical (unpaired) electrons. The van der Waals surface area contributed by atoms with Crippen molar-refractivity contribution < 1.29 is 86.1 Å². The van der Waals surface area contributed by atoms with Crippen molar-refractivity contribution in [2.24, 2.45) is 24.3 Å². The molecule has 4 bridgehead atoms. The Kier molecular flexibility index (Phi) is 13.4. The van der Waals surface area contributed by atoms with Crippen molar-refractivity contribution in [1.29, 1.82) is 0 Å². The number of aliphatic hydroxyl groups is 1. The van der Waals surface area contributed by atoms with Crippen LogP contribution in [-0.2, 0) is 78.4 Å². The third kappa shape index (κ3) is 8.11. The summed E-state index contributed by atoms with van der Waals surface area (Å²) < 4.78 is 56.8. The Morgan fingerprint density at radius 1 is 0.848 bits per heavy atom. The molecule has 21 heteroatoms. The second kappa shape index (κ2) is 18.1. The van der Waals surface area contributed by atoms with Crippen molar-refractivity contribution in [3.8, 4) is 0 Å². The Balaban J connectivity index is 1.82. The van der Waals surface area contributed by atoms with Crippen LogP contribution in [0.1, 0.15) is 94.6 Å². The number of allylic oxidation sites excluding steroid dienone is 1. The number of pyridine rings is 2. The van der Waals surface area contributed by atoms with E-state index in [0.717, 1.165) is 63.6 Å². The molecule has 66 heavy (non-hydrogen) atoms. The highest BCUT2D eigenvalue weighted by atomic mass is 16.7. The third-order valence-electron chi connectivity index (χ3n) is 12.9. The molecule has 1 saturated heterocycles. The van der Waals surface area contributed by atoms with Crippen molar-refractivity contribution >= 4 is 47.8 Å².